The van der Waals surface area contributed by atoms with Crippen molar-refractivity contribution >= 4 is 11.8 Å². The number of carbonyl (C=O) groups is 2. The Balaban J connectivity index is 2.56. The first kappa shape index (κ1) is 19.5. The van der Waals surface area contributed by atoms with Crippen molar-refractivity contribution in [3.05, 3.63) is 47.5 Å². The lowest BCUT2D eigenvalue weighted by Crippen LogP contribution is -2.10. The monoisotopic (exact) mass is 356 g/mol. The number of rotatable bonds is 7. The Hall–Kier alpha value is -2.82. The summed E-state index contributed by atoms with van der Waals surface area (Å²) in [6, 6.07) is 11.1. The van der Waals surface area contributed by atoms with Crippen molar-refractivity contribution in [2.75, 3.05) is 21.3 Å². The molecule has 5 heteroatoms. The summed E-state index contributed by atoms with van der Waals surface area (Å²) in [4.78, 5) is 23.8. The predicted molar refractivity (Wildman–Crippen MR) is 100 cm³/mol. The van der Waals surface area contributed by atoms with Crippen LogP contribution in [0.1, 0.15) is 42.1 Å². The van der Waals surface area contributed by atoms with Gasteiger partial charge in [-0.1, -0.05) is 26.0 Å². The largest absolute Gasteiger partial charge is 0.497 e. The molecule has 0 saturated heterocycles. The molecule has 0 aliphatic heterocycles. The molecule has 0 saturated carbocycles. The molecule has 0 fully saturated rings. The van der Waals surface area contributed by atoms with Crippen LogP contribution in [0.2, 0.25) is 0 Å². The minimum absolute atomic E-state index is 0.256. The topological polar surface area (TPSA) is 61.8 Å². The summed E-state index contributed by atoms with van der Waals surface area (Å²) in [6.45, 7) is 4.18. The zero-order valence-corrected chi connectivity index (χ0v) is 15.8. The summed E-state index contributed by atoms with van der Waals surface area (Å²) in [5, 5.41) is 0. The zero-order chi connectivity index (χ0) is 19.3. The summed E-state index contributed by atoms with van der Waals surface area (Å²) in [7, 11) is 4.46. The van der Waals surface area contributed by atoms with Gasteiger partial charge < -0.3 is 14.2 Å². The predicted octanol–water partition coefficient (Wildman–Crippen LogP) is 4.24. The number of carbonyl (C=O) groups excluding carboxylic acids is 2. The molecule has 0 aliphatic carbocycles. The van der Waals surface area contributed by atoms with Crippen LogP contribution < -0.4 is 9.47 Å². The van der Waals surface area contributed by atoms with Crippen LogP contribution >= 0.6 is 0 Å². The maximum Gasteiger partial charge on any atom is 0.313 e. The van der Waals surface area contributed by atoms with E-state index in [1.807, 2.05) is 24.3 Å². The van der Waals surface area contributed by atoms with Gasteiger partial charge >= 0.3 is 5.97 Å². The number of ketones is 1. The maximum atomic E-state index is 12.4. The van der Waals surface area contributed by atoms with Gasteiger partial charge in [0.05, 0.1) is 21.3 Å². The van der Waals surface area contributed by atoms with Crippen LogP contribution in [0.4, 0.5) is 0 Å². The minimum atomic E-state index is -0.549. The van der Waals surface area contributed by atoms with Gasteiger partial charge in [-0.25, -0.2) is 0 Å². The molecule has 0 unspecified atom stereocenters. The van der Waals surface area contributed by atoms with Crippen LogP contribution in [-0.4, -0.2) is 33.1 Å². The third-order valence-electron chi connectivity index (χ3n) is 4.19. The summed E-state index contributed by atoms with van der Waals surface area (Å²) < 4.78 is 15.3. The molecule has 0 heterocycles. The van der Waals surface area contributed by atoms with Gasteiger partial charge in [-0.3, -0.25) is 9.59 Å². The third-order valence-corrected chi connectivity index (χ3v) is 4.19. The average Bonchev–Trinajstić information content (AvgIpc) is 2.66. The van der Waals surface area contributed by atoms with E-state index in [0.29, 0.717) is 17.1 Å². The van der Waals surface area contributed by atoms with Crippen LogP contribution in [0.3, 0.4) is 0 Å². The first-order valence-electron chi connectivity index (χ1n) is 8.37. The molecule has 0 aliphatic rings. The quantitative estimate of drug-likeness (QED) is 0.422. The number of hydrogen-bond donors (Lipinski definition) is 0. The van der Waals surface area contributed by atoms with Crippen molar-refractivity contribution in [1.29, 1.82) is 0 Å². The van der Waals surface area contributed by atoms with Crippen molar-refractivity contribution in [3.8, 4) is 22.6 Å². The standard InChI is InChI=1S/C21H24O5/c1-13(2)18-7-6-14(20(22)12-21(23)26-5)10-19(18)15-8-16(24-3)11-17(9-15)25-4/h6-11,13H,12H2,1-5H3. The number of hydrogen-bond acceptors (Lipinski definition) is 5. The van der Waals surface area contributed by atoms with Crippen molar-refractivity contribution < 1.29 is 23.8 Å². The molecule has 0 amide bonds. The molecule has 0 spiro atoms. The van der Waals surface area contributed by atoms with Crippen LogP contribution in [0.25, 0.3) is 11.1 Å². The molecule has 2 aromatic carbocycles. The van der Waals surface area contributed by atoms with Crippen molar-refractivity contribution in [3.63, 3.8) is 0 Å². The van der Waals surface area contributed by atoms with E-state index in [9.17, 15) is 9.59 Å². The number of Topliss-reactive ketones (excluding diaryl/α,β-unsaturated/α-hetero) is 1. The first-order chi connectivity index (χ1) is 12.4. The lowest BCUT2D eigenvalue weighted by atomic mass is 9.89. The fourth-order valence-corrected chi connectivity index (χ4v) is 2.75. The molecule has 0 radical (unpaired) electrons. The fourth-order valence-electron chi connectivity index (χ4n) is 2.75. The second kappa shape index (κ2) is 8.52. The number of ether oxygens (including phenoxy) is 3. The summed E-state index contributed by atoms with van der Waals surface area (Å²) in [5.74, 6) is 0.767. The molecule has 138 valence electrons. The van der Waals surface area contributed by atoms with Gasteiger partial charge in [0.2, 0.25) is 0 Å². The maximum absolute atomic E-state index is 12.4. The molecule has 0 atom stereocenters. The Morgan fingerprint density at radius 2 is 1.54 bits per heavy atom. The number of benzene rings is 2. The first-order valence-corrected chi connectivity index (χ1v) is 8.37. The Morgan fingerprint density at radius 1 is 0.923 bits per heavy atom. The molecular weight excluding hydrogens is 332 g/mol. The highest BCUT2D eigenvalue weighted by Crippen LogP contribution is 2.35. The van der Waals surface area contributed by atoms with Crippen molar-refractivity contribution in [1.82, 2.24) is 0 Å². The van der Waals surface area contributed by atoms with Crippen LogP contribution in [0.15, 0.2) is 36.4 Å². The highest BCUT2D eigenvalue weighted by molar-refractivity contribution is 6.06. The lowest BCUT2D eigenvalue weighted by Gasteiger charge is -2.16. The number of methoxy groups -OCH3 is 3. The summed E-state index contributed by atoms with van der Waals surface area (Å²) in [6.07, 6.45) is -0.279. The van der Waals surface area contributed by atoms with Gasteiger partial charge in [-0.05, 0) is 40.8 Å². The normalized spacial score (nSPS) is 10.5. The lowest BCUT2D eigenvalue weighted by molar-refractivity contribution is -0.139. The smallest absolute Gasteiger partial charge is 0.313 e. The van der Waals surface area contributed by atoms with E-state index in [1.165, 1.54) is 7.11 Å². The van der Waals surface area contributed by atoms with Crippen LogP contribution in [0.5, 0.6) is 11.5 Å². The van der Waals surface area contributed by atoms with E-state index >= 15 is 0 Å². The highest BCUT2D eigenvalue weighted by atomic mass is 16.5. The van der Waals surface area contributed by atoms with Gasteiger partial charge in [0.15, 0.2) is 5.78 Å². The van der Waals surface area contributed by atoms with Gasteiger partial charge in [0.1, 0.15) is 17.9 Å². The molecule has 26 heavy (non-hydrogen) atoms. The Bertz CT molecular complexity index is 786. The molecule has 0 aromatic heterocycles. The van der Waals surface area contributed by atoms with E-state index in [-0.39, 0.29) is 18.1 Å². The second-order valence-corrected chi connectivity index (χ2v) is 6.23. The van der Waals surface area contributed by atoms with E-state index in [4.69, 9.17) is 9.47 Å². The van der Waals surface area contributed by atoms with Gasteiger partial charge in [-0.2, -0.15) is 0 Å². The van der Waals surface area contributed by atoms with Crippen LogP contribution in [-0.2, 0) is 9.53 Å². The molecule has 0 bridgehead atoms. The summed E-state index contributed by atoms with van der Waals surface area (Å²) >= 11 is 0. The third kappa shape index (κ3) is 4.42. The van der Waals surface area contributed by atoms with Crippen LogP contribution in [0, 0.1) is 0 Å². The SMILES string of the molecule is COC(=O)CC(=O)c1ccc(C(C)C)c(-c2cc(OC)cc(OC)c2)c1. The summed E-state index contributed by atoms with van der Waals surface area (Å²) in [5.41, 5.74) is 3.36. The molecule has 5 nitrogen and oxygen atoms in total. The van der Waals surface area contributed by atoms with Crippen molar-refractivity contribution in [2.24, 2.45) is 0 Å². The Kier molecular flexibility index (Phi) is 6.39. The highest BCUT2D eigenvalue weighted by Gasteiger charge is 2.17. The Labute approximate surface area is 153 Å². The molecular formula is C21H24O5. The van der Waals surface area contributed by atoms with E-state index in [1.54, 1.807) is 26.4 Å². The van der Waals surface area contributed by atoms with E-state index in [0.717, 1.165) is 16.7 Å². The van der Waals surface area contributed by atoms with E-state index in [2.05, 4.69) is 18.6 Å². The minimum Gasteiger partial charge on any atom is -0.497 e. The fraction of sp³-hybridized carbons (Fsp3) is 0.333. The van der Waals surface area contributed by atoms with Gasteiger partial charge in [-0.15, -0.1) is 0 Å². The second-order valence-electron chi connectivity index (χ2n) is 6.23. The van der Waals surface area contributed by atoms with Crippen molar-refractivity contribution in [2.45, 2.75) is 26.2 Å². The molecule has 2 rings (SSSR count). The molecule has 0 N–H and O–H groups in total. The Morgan fingerprint density at radius 3 is 2.04 bits per heavy atom. The van der Waals surface area contributed by atoms with Gasteiger partial charge in [0, 0.05) is 11.6 Å². The number of esters is 1. The average molecular weight is 356 g/mol. The van der Waals surface area contributed by atoms with Gasteiger partial charge in [0.25, 0.3) is 0 Å². The molecule has 2 aromatic rings. The zero-order valence-electron chi connectivity index (χ0n) is 15.8. The van der Waals surface area contributed by atoms with E-state index < -0.39 is 5.97 Å².